The van der Waals surface area contributed by atoms with Gasteiger partial charge in [0.2, 0.25) is 0 Å². The SMILES string of the molecule is Cc1ccc(Br)c(-n2c(C)cc3c2CCCC3=O)c1. The number of fused-ring (bicyclic) bond motifs is 1. The minimum atomic E-state index is 0.284. The summed E-state index contributed by atoms with van der Waals surface area (Å²) < 4.78 is 3.29. The van der Waals surface area contributed by atoms with Crippen molar-refractivity contribution in [2.24, 2.45) is 0 Å². The van der Waals surface area contributed by atoms with Crippen LogP contribution in [0.15, 0.2) is 28.7 Å². The number of halogens is 1. The number of hydrogen-bond donors (Lipinski definition) is 0. The van der Waals surface area contributed by atoms with E-state index in [1.54, 1.807) is 0 Å². The van der Waals surface area contributed by atoms with Crippen LogP contribution in [0.5, 0.6) is 0 Å². The number of aryl methyl sites for hydroxylation is 2. The number of nitrogens with zero attached hydrogens (tertiary/aromatic N) is 1. The standard InChI is InChI=1S/C16H16BrNO/c1-10-6-7-13(17)15(8-10)18-11(2)9-12-14(18)4-3-5-16(12)19/h6-9H,3-5H2,1-2H3. The molecule has 2 aromatic rings. The van der Waals surface area contributed by atoms with Crippen LogP contribution in [0.1, 0.15) is 40.2 Å². The summed E-state index contributed by atoms with van der Waals surface area (Å²) in [5.41, 5.74) is 5.57. The van der Waals surface area contributed by atoms with Crippen molar-refractivity contribution in [3.8, 4) is 5.69 Å². The van der Waals surface area contributed by atoms with Gasteiger partial charge >= 0.3 is 0 Å². The summed E-state index contributed by atoms with van der Waals surface area (Å²) in [6, 6.07) is 8.35. The van der Waals surface area contributed by atoms with E-state index in [0.717, 1.165) is 34.3 Å². The Morgan fingerprint density at radius 3 is 2.74 bits per heavy atom. The van der Waals surface area contributed by atoms with Gasteiger partial charge in [-0.2, -0.15) is 0 Å². The molecule has 1 aromatic carbocycles. The third-order valence-corrected chi connectivity index (χ3v) is 4.42. The second kappa shape index (κ2) is 4.64. The van der Waals surface area contributed by atoms with Gasteiger partial charge in [-0.15, -0.1) is 0 Å². The topological polar surface area (TPSA) is 22.0 Å². The van der Waals surface area contributed by atoms with Gasteiger partial charge in [0.25, 0.3) is 0 Å². The number of rotatable bonds is 1. The lowest BCUT2D eigenvalue weighted by Gasteiger charge is -2.17. The Morgan fingerprint density at radius 1 is 1.16 bits per heavy atom. The molecule has 0 fully saturated rings. The second-order valence-electron chi connectivity index (χ2n) is 5.21. The van der Waals surface area contributed by atoms with Crippen LogP contribution in [0.3, 0.4) is 0 Å². The van der Waals surface area contributed by atoms with Crippen LogP contribution in [-0.4, -0.2) is 10.4 Å². The van der Waals surface area contributed by atoms with Crippen LogP contribution in [-0.2, 0) is 6.42 Å². The first-order valence-corrected chi connectivity index (χ1v) is 7.38. The number of carbonyl (C=O) groups is 1. The molecule has 3 heteroatoms. The molecule has 0 bridgehead atoms. The average Bonchev–Trinajstić information content (AvgIpc) is 2.70. The van der Waals surface area contributed by atoms with Crippen LogP contribution in [0.2, 0.25) is 0 Å². The Bertz CT molecular complexity index is 670. The summed E-state index contributed by atoms with van der Waals surface area (Å²) in [6.45, 7) is 4.16. The predicted octanol–water partition coefficient (Wildman–Crippen LogP) is 4.38. The van der Waals surface area contributed by atoms with E-state index in [9.17, 15) is 4.79 Å². The van der Waals surface area contributed by atoms with E-state index >= 15 is 0 Å². The fraction of sp³-hybridized carbons (Fsp3) is 0.312. The molecule has 19 heavy (non-hydrogen) atoms. The number of ketones is 1. The van der Waals surface area contributed by atoms with Gasteiger partial charge in [0.05, 0.1) is 5.69 Å². The fourth-order valence-electron chi connectivity index (χ4n) is 2.86. The Kier molecular flexibility index (Phi) is 3.09. The number of hydrogen-bond acceptors (Lipinski definition) is 1. The molecule has 1 heterocycles. The van der Waals surface area contributed by atoms with Gasteiger partial charge in [0.15, 0.2) is 5.78 Å². The molecule has 0 radical (unpaired) electrons. The molecule has 0 saturated carbocycles. The quantitative estimate of drug-likeness (QED) is 0.765. The molecule has 1 aliphatic rings. The highest BCUT2D eigenvalue weighted by molar-refractivity contribution is 9.10. The Hall–Kier alpha value is -1.35. The van der Waals surface area contributed by atoms with Gasteiger partial charge in [-0.1, -0.05) is 6.07 Å². The minimum absolute atomic E-state index is 0.284. The highest BCUT2D eigenvalue weighted by Gasteiger charge is 2.23. The summed E-state index contributed by atoms with van der Waals surface area (Å²) in [4.78, 5) is 12.0. The van der Waals surface area contributed by atoms with E-state index in [1.807, 2.05) is 6.07 Å². The molecule has 0 spiro atoms. The van der Waals surface area contributed by atoms with Gasteiger partial charge in [0.1, 0.15) is 0 Å². The number of aromatic nitrogens is 1. The molecule has 98 valence electrons. The molecule has 1 aromatic heterocycles. The predicted molar refractivity (Wildman–Crippen MR) is 80.2 cm³/mol. The Labute approximate surface area is 121 Å². The van der Waals surface area contributed by atoms with Crippen molar-refractivity contribution < 1.29 is 4.79 Å². The third kappa shape index (κ3) is 2.06. The first-order chi connectivity index (χ1) is 9.08. The van der Waals surface area contributed by atoms with Crippen LogP contribution in [0.25, 0.3) is 5.69 Å². The maximum absolute atomic E-state index is 12.0. The molecule has 3 rings (SSSR count). The molecule has 0 unspecified atom stereocenters. The van der Waals surface area contributed by atoms with Crippen LogP contribution in [0.4, 0.5) is 0 Å². The van der Waals surface area contributed by atoms with Crippen molar-refractivity contribution in [2.45, 2.75) is 33.1 Å². The van der Waals surface area contributed by atoms with E-state index < -0.39 is 0 Å². The molecule has 1 aliphatic carbocycles. The highest BCUT2D eigenvalue weighted by atomic mass is 79.9. The zero-order chi connectivity index (χ0) is 13.6. The van der Waals surface area contributed by atoms with Gasteiger partial charge in [-0.25, -0.2) is 0 Å². The molecule has 2 nitrogen and oxygen atoms in total. The summed E-state index contributed by atoms with van der Waals surface area (Å²) >= 11 is 3.62. The van der Waals surface area contributed by atoms with Crippen molar-refractivity contribution >= 4 is 21.7 Å². The number of Topliss-reactive ketones (excluding diaryl/α,β-unsaturated/α-hetero) is 1. The maximum Gasteiger partial charge on any atom is 0.164 e. The summed E-state index contributed by atoms with van der Waals surface area (Å²) in [5, 5.41) is 0. The number of carbonyl (C=O) groups excluding carboxylic acids is 1. The molecule has 0 amide bonds. The molecule has 0 N–H and O–H groups in total. The fourth-order valence-corrected chi connectivity index (χ4v) is 3.28. The van der Waals surface area contributed by atoms with Crippen molar-refractivity contribution in [1.29, 1.82) is 0 Å². The lowest BCUT2D eigenvalue weighted by atomic mass is 9.96. The maximum atomic E-state index is 12.0. The van der Waals surface area contributed by atoms with E-state index in [4.69, 9.17) is 0 Å². The molecular formula is C16H16BrNO. The minimum Gasteiger partial charge on any atom is -0.316 e. The Balaban J connectivity index is 2.26. The van der Waals surface area contributed by atoms with E-state index in [2.05, 4.69) is 52.5 Å². The van der Waals surface area contributed by atoms with Gasteiger partial charge in [-0.3, -0.25) is 4.79 Å². The summed E-state index contributed by atoms with van der Waals surface area (Å²) in [6.07, 6.45) is 2.62. The van der Waals surface area contributed by atoms with Gasteiger partial charge < -0.3 is 4.57 Å². The number of benzene rings is 1. The van der Waals surface area contributed by atoms with Crippen LogP contribution < -0.4 is 0 Å². The third-order valence-electron chi connectivity index (χ3n) is 3.75. The van der Waals surface area contributed by atoms with Gasteiger partial charge in [-0.05, 0) is 66.4 Å². The summed E-state index contributed by atoms with van der Waals surface area (Å²) in [7, 11) is 0. The van der Waals surface area contributed by atoms with Crippen molar-refractivity contribution in [2.75, 3.05) is 0 Å². The monoisotopic (exact) mass is 317 g/mol. The Morgan fingerprint density at radius 2 is 1.95 bits per heavy atom. The largest absolute Gasteiger partial charge is 0.316 e. The smallest absolute Gasteiger partial charge is 0.164 e. The molecule has 0 saturated heterocycles. The molecular weight excluding hydrogens is 302 g/mol. The first-order valence-electron chi connectivity index (χ1n) is 6.59. The zero-order valence-corrected chi connectivity index (χ0v) is 12.8. The van der Waals surface area contributed by atoms with Crippen LogP contribution >= 0.6 is 15.9 Å². The highest BCUT2D eigenvalue weighted by Crippen LogP contribution is 2.31. The van der Waals surface area contributed by atoms with Crippen LogP contribution in [0, 0.1) is 13.8 Å². The molecule has 0 aliphatic heterocycles. The average molecular weight is 318 g/mol. The lowest BCUT2D eigenvalue weighted by Crippen LogP contribution is -2.13. The lowest BCUT2D eigenvalue weighted by molar-refractivity contribution is 0.0972. The normalized spacial score (nSPS) is 14.6. The van der Waals surface area contributed by atoms with Gasteiger partial charge in [0, 0.05) is 27.8 Å². The first kappa shape index (κ1) is 12.7. The zero-order valence-electron chi connectivity index (χ0n) is 11.2. The van der Waals surface area contributed by atoms with E-state index in [-0.39, 0.29) is 5.78 Å². The summed E-state index contributed by atoms with van der Waals surface area (Å²) in [5.74, 6) is 0.284. The molecule has 0 atom stereocenters. The van der Waals surface area contributed by atoms with Crippen molar-refractivity contribution in [3.05, 3.63) is 51.3 Å². The van der Waals surface area contributed by atoms with E-state index in [1.165, 1.54) is 11.3 Å². The van der Waals surface area contributed by atoms with Crippen molar-refractivity contribution in [3.63, 3.8) is 0 Å². The van der Waals surface area contributed by atoms with E-state index in [0.29, 0.717) is 6.42 Å². The second-order valence-corrected chi connectivity index (χ2v) is 6.07. The van der Waals surface area contributed by atoms with Crippen molar-refractivity contribution in [1.82, 2.24) is 4.57 Å².